The van der Waals surface area contributed by atoms with E-state index >= 15 is 0 Å². The van der Waals surface area contributed by atoms with E-state index in [1.807, 2.05) is 0 Å². The molecule has 0 spiro atoms. The molecule has 18 heavy (non-hydrogen) atoms. The summed E-state index contributed by atoms with van der Waals surface area (Å²) in [4.78, 5) is 0. The molecule has 2 aromatic rings. The fourth-order valence-electron chi connectivity index (χ4n) is 1.82. The van der Waals surface area contributed by atoms with Gasteiger partial charge in [-0.05, 0) is 29.8 Å². The molecule has 94 valence electrons. The second kappa shape index (κ2) is 5.67. The van der Waals surface area contributed by atoms with Crippen molar-refractivity contribution in [2.24, 2.45) is 5.84 Å². The Kier molecular flexibility index (Phi) is 4.19. The van der Waals surface area contributed by atoms with Gasteiger partial charge < -0.3 is 0 Å². The predicted octanol–water partition coefficient (Wildman–Crippen LogP) is 3.69. The first kappa shape index (κ1) is 13.3. The summed E-state index contributed by atoms with van der Waals surface area (Å²) in [5.74, 6) is 5.17. The number of hydrogen-bond donors (Lipinski definition) is 2. The third kappa shape index (κ3) is 2.82. The van der Waals surface area contributed by atoms with Crippen LogP contribution in [0.3, 0.4) is 0 Å². The fraction of sp³-hybridized carbons (Fsp3) is 0.0769. The van der Waals surface area contributed by atoms with Crippen molar-refractivity contribution >= 4 is 23.2 Å². The normalized spacial score (nSPS) is 12.4. The molecule has 0 aromatic heterocycles. The molecule has 0 aliphatic heterocycles. The van der Waals surface area contributed by atoms with Crippen LogP contribution in [0.15, 0.2) is 42.5 Å². The van der Waals surface area contributed by atoms with Gasteiger partial charge >= 0.3 is 0 Å². The minimum atomic E-state index is -0.498. The van der Waals surface area contributed by atoms with Crippen molar-refractivity contribution in [3.05, 3.63) is 69.5 Å². The van der Waals surface area contributed by atoms with Crippen LogP contribution in [0.5, 0.6) is 0 Å². The average Bonchev–Trinajstić information content (AvgIpc) is 2.31. The molecule has 0 saturated heterocycles. The number of hydrogen-bond acceptors (Lipinski definition) is 2. The van der Waals surface area contributed by atoms with E-state index in [-0.39, 0.29) is 5.82 Å². The number of rotatable bonds is 3. The van der Waals surface area contributed by atoms with Gasteiger partial charge in [0.25, 0.3) is 0 Å². The lowest BCUT2D eigenvalue weighted by molar-refractivity contribution is 0.560. The molecule has 0 saturated carbocycles. The molecule has 0 aliphatic rings. The summed E-state index contributed by atoms with van der Waals surface area (Å²) in [7, 11) is 0. The topological polar surface area (TPSA) is 38.0 Å². The van der Waals surface area contributed by atoms with E-state index in [1.165, 1.54) is 6.07 Å². The average molecular weight is 285 g/mol. The minimum absolute atomic E-state index is 0.337. The molecule has 0 aliphatic carbocycles. The maximum atomic E-state index is 13.8. The summed E-state index contributed by atoms with van der Waals surface area (Å²) < 4.78 is 13.8. The van der Waals surface area contributed by atoms with Crippen LogP contribution < -0.4 is 11.3 Å². The van der Waals surface area contributed by atoms with Crippen LogP contribution in [-0.4, -0.2) is 0 Å². The van der Waals surface area contributed by atoms with Gasteiger partial charge in [0.05, 0.1) is 6.04 Å². The SMILES string of the molecule is NNC(c1cc(Cl)cc(Cl)c1)c1ccccc1F. The van der Waals surface area contributed by atoms with Crippen molar-refractivity contribution in [3.8, 4) is 0 Å². The van der Waals surface area contributed by atoms with Gasteiger partial charge in [0.2, 0.25) is 0 Å². The van der Waals surface area contributed by atoms with Gasteiger partial charge in [-0.3, -0.25) is 5.84 Å². The molecule has 2 aromatic carbocycles. The molecule has 0 radical (unpaired) electrons. The number of nitrogens with one attached hydrogen (secondary N) is 1. The summed E-state index contributed by atoms with van der Waals surface area (Å²) in [6.07, 6.45) is 0. The third-order valence-electron chi connectivity index (χ3n) is 2.60. The Balaban J connectivity index is 2.48. The van der Waals surface area contributed by atoms with Gasteiger partial charge in [0.1, 0.15) is 5.82 Å². The predicted molar refractivity (Wildman–Crippen MR) is 72.0 cm³/mol. The largest absolute Gasteiger partial charge is 0.271 e. The Bertz CT molecular complexity index is 540. The molecule has 1 unspecified atom stereocenters. The second-order valence-electron chi connectivity index (χ2n) is 3.82. The number of halogens is 3. The Labute approximate surface area is 114 Å². The van der Waals surface area contributed by atoms with Crippen molar-refractivity contribution < 1.29 is 4.39 Å². The highest BCUT2D eigenvalue weighted by Gasteiger charge is 2.17. The number of hydrazine groups is 1. The van der Waals surface area contributed by atoms with Crippen molar-refractivity contribution in [1.82, 2.24) is 5.43 Å². The van der Waals surface area contributed by atoms with E-state index in [4.69, 9.17) is 29.0 Å². The molecule has 5 heteroatoms. The fourth-order valence-corrected chi connectivity index (χ4v) is 2.36. The van der Waals surface area contributed by atoms with Gasteiger partial charge in [0, 0.05) is 15.6 Å². The summed E-state index contributed by atoms with van der Waals surface area (Å²) >= 11 is 11.9. The van der Waals surface area contributed by atoms with E-state index in [0.717, 1.165) is 0 Å². The Morgan fingerprint density at radius 2 is 1.67 bits per heavy atom. The summed E-state index contributed by atoms with van der Waals surface area (Å²) in [5, 5.41) is 0.961. The van der Waals surface area contributed by atoms with E-state index < -0.39 is 6.04 Å². The second-order valence-corrected chi connectivity index (χ2v) is 4.70. The molecule has 2 rings (SSSR count). The molecule has 1 atom stereocenters. The molecule has 0 heterocycles. The first-order chi connectivity index (χ1) is 8.61. The number of benzene rings is 2. The molecule has 0 fully saturated rings. The molecule has 0 bridgehead atoms. The van der Waals surface area contributed by atoms with Crippen LogP contribution in [0.1, 0.15) is 17.2 Å². The van der Waals surface area contributed by atoms with E-state index in [1.54, 1.807) is 36.4 Å². The minimum Gasteiger partial charge on any atom is -0.271 e. The van der Waals surface area contributed by atoms with Crippen LogP contribution in [-0.2, 0) is 0 Å². The Morgan fingerprint density at radius 3 is 2.22 bits per heavy atom. The monoisotopic (exact) mass is 284 g/mol. The highest BCUT2D eigenvalue weighted by atomic mass is 35.5. The van der Waals surface area contributed by atoms with E-state index in [0.29, 0.717) is 21.2 Å². The summed E-state index contributed by atoms with van der Waals surface area (Å²) in [6, 6.07) is 10.9. The first-order valence-corrected chi connectivity index (χ1v) is 6.04. The maximum Gasteiger partial charge on any atom is 0.128 e. The van der Waals surface area contributed by atoms with Crippen molar-refractivity contribution in [1.29, 1.82) is 0 Å². The lowest BCUT2D eigenvalue weighted by atomic mass is 9.99. The zero-order chi connectivity index (χ0) is 13.1. The lowest BCUT2D eigenvalue weighted by Gasteiger charge is -2.18. The van der Waals surface area contributed by atoms with Gasteiger partial charge in [-0.1, -0.05) is 41.4 Å². The van der Waals surface area contributed by atoms with Gasteiger partial charge in [0.15, 0.2) is 0 Å². The lowest BCUT2D eigenvalue weighted by Crippen LogP contribution is -2.29. The third-order valence-corrected chi connectivity index (χ3v) is 3.04. The van der Waals surface area contributed by atoms with Gasteiger partial charge in [-0.2, -0.15) is 0 Å². The quantitative estimate of drug-likeness (QED) is 0.666. The molecule has 0 amide bonds. The highest BCUT2D eigenvalue weighted by molar-refractivity contribution is 6.34. The molecule has 2 nitrogen and oxygen atoms in total. The first-order valence-electron chi connectivity index (χ1n) is 5.28. The zero-order valence-electron chi connectivity index (χ0n) is 9.33. The van der Waals surface area contributed by atoms with E-state index in [2.05, 4.69) is 5.43 Å². The van der Waals surface area contributed by atoms with Gasteiger partial charge in [-0.25, -0.2) is 9.82 Å². The Morgan fingerprint density at radius 1 is 1.06 bits per heavy atom. The van der Waals surface area contributed by atoms with Crippen LogP contribution in [0.25, 0.3) is 0 Å². The van der Waals surface area contributed by atoms with Crippen molar-refractivity contribution in [2.75, 3.05) is 0 Å². The summed E-state index contributed by atoms with van der Waals surface area (Å²) in [6.45, 7) is 0. The van der Waals surface area contributed by atoms with Crippen molar-refractivity contribution in [3.63, 3.8) is 0 Å². The standard InChI is InChI=1S/C13H11Cl2FN2/c14-9-5-8(6-10(15)7-9)13(18-17)11-3-1-2-4-12(11)16/h1-7,13,18H,17H2. The number of nitrogens with two attached hydrogens (primary N) is 1. The molecular weight excluding hydrogens is 274 g/mol. The maximum absolute atomic E-state index is 13.8. The Hall–Kier alpha value is -1.13. The van der Waals surface area contributed by atoms with Crippen LogP contribution in [0.4, 0.5) is 4.39 Å². The van der Waals surface area contributed by atoms with Gasteiger partial charge in [-0.15, -0.1) is 0 Å². The van der Waals surface area contributed by atoms with Crippen LogP contribution >= 0.6 is 23.2 Å². The van der Waals surface area contributed by atoms with Crippen LogP contribution in [0, 0.1) is 5.82 Å². The van der Waals surface area contributed by atoms with Crippen LogP contribution in [0.2, 0.25) is 10.0 Å². The summed E-state index contributed by atoms with van der Waals surface area (Å²) in [5.41, 5.74) is 3.72. The zero-order valence-corrected chi connectivity index (χ0v) is 10.8. The molecular formula is C13H11Cl2FN2. The molecule has 3 N–H and O–H groups in total. The van der Waals surface area contributed by atoms with Crippen molar-refractivity contribution in [2.45, 2.75) is 6.04 Å². The highest BCUT2D eigenvalue weighted by Crippen LogP contribution is 2.28. The van der Waals surface area contributed by atoms with E-state index in [9.17, 15) is 4.39 Å². The smallest absolute Gasteiger partial charge is 0.128 e.